The van der Waals surface area contributed by atoms with Crippen LogP contribution in [0.4, 0.5) is 0 Å². The highest BCUT2D eigenvalue weighted by Crippen LogP contribution is 2.43. The Bertz CT molecular complexity index is 1970. The van der Waals surface area contributed by atoms with Crippen LogP contribution < -0.4 is 0 Å². The van der Waals surface area contributed by atoms with Crippen molar-refractivity contribution >= 4 is 26.9 Å². The zero-order valence-electron chi connectivity index (χ0n) is 27.8. The molecular formula is C41H40BrN5O. The average molecular weight is 699 g/mol. The molecule has 48 heavy (non-hydrogen) atoms. The van der Waals surface area contributed by atoms with E-state index in [1.165, 1.54) is 25.2 Å². The zero-order chi connectivity index (χ0) is 33.5. The molecule has 0 fully saturated rings. The summed E-state index contributed by atoms with van der Waals surface area (Å²) in [5, 5.41) is 15.5. The van der Waals surface area contributed by atoms with Crippen LogP contribution in [0.2, 0.25) is 0 Å². The molecule has 0 aliphatic carbocycles. The van der Waals surface area contributed by atoms with Crippen LogP contribution in [-0.4, -0.2) is 44.7 Å². The lowest BCUT2D eigenvalue weighted by Gasteiger charge is -2.34. The molecule has 0 bridgehead atoms. The minimum Gasteiger partial charge on any atom is -0.455 e. The van der Waals surface area contributed by atoms with Crippen LogP contribution in [0, 0.1) is 6.92 Å². The number of aryl methyl sites for hydroxylation is 1. The van der Waals surface area contributed by atoms with Gasteiger partial charge in [-0.15, -0.1) is 15.0 Å². The lowest BCUT2D eigenvalue weighted by Crippen LogP contribution is -2.39. The van der Waals surface area contributed by atoms with Crippen LogP contribution in [0.5, 0.6) is 0 Å². The molecule has 0 radical (unpaired) electrons. The number of hydrogen-bond acceptors (Lipinski definition) is 5. The van der Waals surface area contributed by atoms with E-state index in [0.29, 0.717) is 5.82 Å². The lowest BCUT2D eigenvalue weighted by atomic mass is 9.77. The number of tetrazole rings is 1. The SMILES string of the molecule is CCN(CC)CC.Cc1ccc2oc(-c3ccccc3-c3nnn(C(c4ccccc4)(c4ccccc4)c4ccccc4)n3)c(Br)c2c1. The molecule has 2 aromatic heterocycles. The number of benzene rings is 5. The van der Waals surface area contributed by atoms with Gasteiger partial charge in [-0.05, 0) is 76.5 Å². The summed E-state index contributed by atoms with van der Waals surface area (Å²) in [5.74, 6) is 1.24. The first-order valence-corrected chi connectivity index (χ1v) is 17.3. The van der Waals surface area contributed by atoms with E-state index in [1.807, 2.05) is 84.9 Å². The zero-order valence-corrected chi connectivity index (χ0v) is 29.4. The summed E-state index contributed by atoms with van der Waals surface area (Å²) in [7, 11) is 0. The highest BCUT2D eigenvalue weighted by Gasteiger charge is 2.41. The van der Waals surface area contributed by atoms with Gasteiger partial charge in [-0.1, -0.05) is 148 Å². The quantitative estimate of drug-likeness (QED) is 0.141. The van der Waals surface area contributed by atoms with Gasteiger partial charge in [0.1, 0.15) is 11.3 Å². The number of hydrogen-bond donors (Lipinski definition) is 0. The summed E-state index contributed by atoms with van der Waals surface area (Å²) in [5.41, 5.74) is 5.96. The van der Waals surface area contributed by atoms with Crippen molar-refractivity contribution in [1.29, 1.82) is 0 Å². The van der Waals surface area contributed by atoms with Gasteiger partial charge in [-0.2, -0.15) is 0 Å². The fourth-order valence-electron chi connectivity index (χ4n) is 6.25. The minimum absolute atomic E-state index is 0.510. The maximum absolute atomic E-state index is 6.35. The maximum atomic E-state index is 6.35. The third-order valence-electron chi connectivity index (χ3n) is 8.83. The third kappa shape index (κ3) is 6.36. The van der Waals surface area contributed by atoms with E-state index in [2.05, 4.69) is 102 Å². The molecule has 0 amide bonds. The molecule has 0 saturated carbocycles. The van der Waals surface area contributed by atoms with Crippen LogP contribution in [0.1, 0.15) is 43.0 Å². The predicted molar refractivity (Wildman–Crippen MR) is 199 cm³/mol. The van der Waals surface area contributed by atoms with Crippen molar-refractivity contribution < 1.29 is 4.42 Å². The molecule has 0 unspecified atom stereocenters. The standard InChI is InChI=1S/C35H25BrN4O.C6H15N/c1-24-21-22-31-30(23-24)32(36)33(41-31)28-19-11-12-20-29(28)34-37-39-40(38-34)35(25-13-5-2-6-14-25,26-15-7-3-8-16-26)27-17-9-4-10-18-27;1-4-7(5-2)6-3/h2-23H,1H3;4-6H2,1-3H3. The van der Waals surface area contributed by atoms with E-state index < -0.39 is 5.54 Å². The van der Waals surface area contributed by atoms with Crippen LogP contribution >= 0.6 is 15.9 Å². The molecule has 6 nitrogen and oxygen atoms in total. The summed E-state index contributed by atoms with van der Waals surface area (Å²) in [6.45, 7) is 12.2. The first-order valence-electron chi connectivity index (χ1n) is 16.5. The molecule has 7 aromatic rings. The highest BCUT2D eigenvalue weighted by atomic mass is 79.9. The molecule has 7 rings (SSSR count). The average Bonchev–Trinajstić information content (AvgIpc) is 3.76. The minimum atomic E-state index is -0.846. The molecule has 5 aromatic carbocycles. The lowest BCUT2D eigenvalue weighted by molar-refractivity contribution is 0.321. The molecule has 2 heterocycles. The van der Waals surface area contributed by atoms with E-state index in [-0.39, 0.29) is 0 Å². The smallest absolute Gasteiger partial charge is 0.205 e. The van der Waals surface area contributed by atoms with Gasteiger partial charge >= 0.3 is 0 Å². The van der Waals surface area contributed by atoms with Gasteiger partial charge in [-0.25, -0.2) is 0 Å². The van der Waals surface area contributed by atoms with E-state index >= 15 is 0 Å². The first kappa shape index (κ1) is 33.1. The number of nitrogens with zero attached hydrogens (tertiary/aromatic N) is 5. The van der Waals surface area contributed by atoms with Crippen molar-refractivity contribution in [3.05, 3.63) is 160 Å². The van der Waals surface area contributed by atoms with Crippen molar-refractivity contribution in [1.82, 2.24) is 25.1 Å². The Morgan fingerprint density at radius 3 is 1.67 bits per heavy atom. The Hall–Kier alpha value is -4.85. The number of rotatable bonds is 9. The van der Waals surface area contributed by atoms with Crippen molar-refractivity contribution in [3.63, 3.8) is 0 Å². The van der Waals surface area contributed by atoms with Crippen molar-refractivity contribution in [2.75, 3.05) is 19.6 Å². The summed E-state index contributed by atoms with van der Waals surface area (Å²) in [4.78, 5) is 4.12. The van der Waals surface area contributed by atoms with Crippen LogP contribution in [0.15, 0.2) is 142 Å². The molecule has 0 atom stereocenters. The second-order valence-electron chi connectivity index (χ2n) is 11.6. The molecule has 0 N–H and O–H groups in total. The monoisotopic (exact) mass is 697 g/mol. The summed E-state index contributed by atoms with van der Waals surface area (Å²) < 4.78 is 7.26. The van der Waals surface area contributed by atoms with Gasteiger partial charge in [0.15, 0.2) is 5.54 Å². The van der Waals surface area contributed by atoms with Gasteiger partial charge in [-0.3, -0.25) is 0 Å². The number of fused-ring (bicyclic) bond motifs is 1. The van der Waals surface area contributed by atoms with Crippen LogP contribution in [-0.2, 0) is 5.54 Å². The fraction of sp³-hybridized carbons (Fsp3) is 0.195. The number of halogens is 1. The van der Waals surface area contributed by atoms with Crippen LogP contribution in [0.3, 0.4) is 0 Å². The molecular weight excluding hydrogens is 658 g/mol. The third-order valence-corrected chi connectivity index (χ3v) is 9.61. The fourth-order valence-corrected chi connectivity index (χ4v) is 6.85. The normalized spacial score (nSPS) is 11.5. The Balaban J connectivity index is 0.000000519. The molecule has 0 saturated heterocycles. The van der Waals surface area contributed by atoms with Gasteiger partial charge in [0.05, 0.1) is 4.47 Å². The van der Waals surface area contributed by atoms with Gasteiger partial charge < -0.3 is 9.32 Å². The van der Waals surface area contributed by atoms with Crippen LogP contribution in [0.25, 0.3) is 33.7 Å². The molecule has 0 aliphatic heterocycles. The maximum Gasteiger partial charge on any atom is 0.205 e. The van der Waals surface area contributed by atoms with Crippen molar-refractivity contribution in [2.45, 2.75) is 33.2 Å². The second kappa shape index (κ2) is 14.9. The topological polar surface area (TPSA) is 60.0 Å². The van der Waals surface area contributed by atoms with E-state index in [4.69, 9.17) is 14.7 Å². The predicted octanol–water partition coefficient (Wildman–Crippen LogP) is 10.0. The van der Waals surface area contributed by atoms with E-state index in [9.17, 15) is 0 Å². The Morgan fingerprint density at radius 2 is 1.17 bits per heavy atom. The number of aromatic nitrogens is 4. The molecule has 0 spiro atoms. The largest absolute Gasteiger partial charge is 0.455 e. The number of furan rings is 1. The van der Waals surface area contributed by atoms with Gasteiger partial charge in [0.2, 0.25) is 5.82 Å². The summed E-state index contributed by atoms with van der Waals surface area (Å²) in [6, 6.07) is 45.2. The van der Waals surface area contributed by atoms with Crippen molar-refractivity contribution in [2.24, 2.45) is 0 Å². The van der Waals surface area contributed by atoms with E-state index in [0.717, 1.165) is 49.0 Å². The highest BCUT2D eigenvalue weighted by molar-refractivity contribution is 9.10. The van der Waals surface area contributed by atoms with Gasteiger partial charge in [0, 0.05) is 16.5 Å². The first-order chi connectivity index (χ1) is 23.5. The molecule has 0 aliphatic rings. The second-order valence-corrected chi connectivity index (χ2v) is 12.4. The Kier molecular flexibility index (Phi) is 10.3. The van der Waals surface area contributed by atoms with E-state index in [1.54, 1.807) is 4.80 Å². The summed E-state index contributed by atoms with van der Waals surface area (Å²) >= 11 is 3.80. The Labute approximate surface area is 291 Å². The summed E-state index contributed by atoms with van der Waals surface area (Å²) in [6.07, 6.45) is 0. The van der Waals surface area contributed by atoms with Gasteiger partial charge in [0.25, 0.3) is 0 Å². The molecule has 7 heteroatoms. The van der Waals surface area contributed by atoms with Crippen molar-refractivity contribution in [3.8, 4) is 22.7 Å². The molecule has 242 valence electrons. The Morgan fingerprint density at radius 1 is 0.667 bits per heavy atom.